The largest absolute Gasteiger partial charge is 0.437 e. The summed E-state index contributed by atoms with van der Waals surface area (Å²) < 4.78 is 36.2. The quantitative estimate of drug-likeness (QED) is 0.311. The van der Waals surface area contributed by atoms with Crippen LogP contribution in [0.3, 0.4) is 0 Å². The van der Waals surface area contributed by atoms with Crippen molar-refractivity contribution >= 4 is 22.1 Å². The molecule has 0 saturated heterocycles. The molecule has 0 bridgehead atoms. The van der Waals surface area contributed by atoms with E-state index in [-0.39, 0.29) is 5.71 Å². The van der Waals surface area contributed by atoms with Crippen LogP contribution >= 0.6 is 0 Å². The maximum atomic E-state index is 14.9. The minimum atomic E-state index is -0.669. The number of pyridine rings is 3. The minimum absolute atomic E-state index is 0.0780. The van der Waals surface area contributed by atoms with Gasteiger partial charge in [0.1, 0.15) is 12.9 Å². The van der Waals surface area contributed by atoms with Crippen LogP contribution in [0.4, 0.5) is 8.78 Å². The third kappa shape index (κ3) is 2.76. The van der Waals surface area contributed by atoms with Crippen molar-refractivity contribution in [3.63, 3.8) is 0 Å². The Labute approximate surface area is 165 Å². The molecular formula is C23H16F2N3O+. The highest BCUT2D eigenvalue weighted by Crippen LogP contribution is 2.38. The fraction of sp³-hybridized carbons (Fsp3) is 0.0870. The summed E-state index contributed by atoms with van der Waals surface area (Å²) in [7, 11) is 1.91. The van der Waals surface area contributed by atoms with Gasteiger partial charge in [0.2, 0.25) is 17.4 Å². The molecule has 1 aromatic carbocycles. The molecule has 0 unspecified atom stereocenters. The second-order valence-electron chi connectivity index (χ2n) is 6.97. The van der Waals surface area contributed by atoms with Gasteiger partial charge >= 0.3 is 0 Å². The smallest absolute Gasteiger partial charge is 0.230 e. The maximum Gasteiger partial charge on any atom is 0.230 e. The number of nitrogens with zero attached hydrogens (tertiary/aromatic N) is 3. The van der Waals surface area contributed by atoms with E-state index >= 15 is 0 Å². The Balaban J connectivity index is 1.85. The molecule has 0 radical (unpaired) electrons. The van der Waals surface area contributed by atoms with Crippen molar-refractivity contribution in [2.75, 3.05) is 0 Å². The molecule has 0 amide bonds. The first kappa shape index (κ1) is 17.4. The number of hydrogen-bond acceptors (Lipinski definition) is 3. The van der Waals surface area contributed by atoms with E-state index in [1.54, 1.807) is 6.20 Å². The SMILES string of the molecule is Cc1cc(F)c2c(oc3nc(F)ccc32)c1-c1cc(-c2ccccn2)cc[n+]1C. The Hall–Kier alpha value is -3.67. The average molecular weight is 388 g/mol. The van der Waals surface area contributed by atoms with Gasteiger partial charge in [-0.2, -0.15) is 9.37 Å². The van der Waals surface area contributed by atoms with Gasteiger partial charge in [-0.3, -0.25) is 4.98 Å². The Morgan fingerprint density at radius 1 is 1.03 bits per heavy atom. The van der Waals surface area contributed by atoms with Gasteiger partial charge in [0.15, 0.2) is 11.8 Å². The van der Waals surface area contributed by atoms with Crippen molar-refractivity contribution in [1.82, 2.24) is 9.97 Å². The van der Waals surface area contributed by atoms with Crippen LogP contribution in [0.15, 0.2) is 65.3 Å². The third-order valence-electron chi connectivity index (χ3n) is 5.09. The summed E-state index contributed by atoms with van der Waals surface area (Å²) in [6, 6.07) is 13.9. The number of fused-ring (bicyclic) bond motifs is 3. The molecule has 6 heteroatoms. The van der Waals surface area contributed by atoms with E-state index in [9.17, 15) is 8.78 Å². The van der Waals surface area contributed by atoms with Gasteiger partial charge in [-0.05, 0) is 42.8 Å². The molecule has 0 N–H and O–H groups in total. The van der Waals surface area contributed by atoms with E-state index in [0.717, 1.165) is 22.5 Å². The highest BCUT2D eigenvalue weighted by molar-refractivity contribution is 6.09. The van der Waals surface area contributed by atoms with E-state index in [0.29, 0.717) is 21.9 Å². The standard InChI is InChI=1S/C23H16F2N3O/c1-13-11-16(24)21-15-6-7-19(25)27-23(15)29-22(21)20(13)18-12-14(8-10-28(18)2)17-5-3-4-9-26-17/h3-12H,1-2H3/q+1. The maximum absolute atomic E-state index is 14.9. The molecule has 142 valence electrons. The van der Waals surface area contributed by atoms with Crippen LogP contribution in [-0.2, 0) is 7.05 Å². The van der Waals surface area contributed by atoms with Gasteiger partial charge in [0, 0.05) is 23.9 Å². The average Bonchev–Trinajstić information content (AvgIpc) is 3.08. The Morgan fingerprint density at radius 2 is 1.90 bits per heavy atom. The predicted molar refractivity (Wildman–Crippen MR) is 106 cm³/mol. The Kier molecular flexibility index (Phi) is 3.87. The number of hydrogen-bond donors (Lipinski definition) is 0. The molecule has 0 atom stereocenters. The molecule has 0 aliphatic rings. The summed E-state index contributed by atoms with van der Waals surface area (Å²) in [6.45, 7) is 1.83. The molecule has 0 spiro atoms. The molecule has 5 rings (SSSR count). The number of aromatic nitrogens is 3. The normalized spacial score (nSPS) is 11.4. The first-order valence-corrected chi connectivity index (χ1v) is 9.12. The second-order valence-corrected chi connectivity index (χ2v) is 6.97. The zero-order chi connectivity index (χ0) is 20.1. The Morgan fingerprint density at radius 3 is 2.69 bits per heavy atom. The lowest BCUT2D eigenvalue weighted by molar-refractivity contribution is -0.660. The second kappa shape index (κ2) is 6.44. The molecule has 4 nitrogen and oxygen atoms in total. The number of benzene rings is 1. The number of aryl methyl sites for hydroxylation is 2. The molecule has 29 heavy (non-hydrogen) atoms. The Bertz CT molecular complexity index is 1390. The van der Waals surface area contributed by atoms with E-state index in [2.05, 4.69) is 9.97 Å². The van der Waals surface area contributed by atoms with E-state index in [1.807, 2.05) is 55.1 Å². The first-order valence-electron chi connectivity index (χ1n) is 9.12. The zero-order valence-electron chi connectivity index (χ0n) is 15.8. The molecule has 0 fully saturated rings. The van der Waals surface area contributed by atoms with E-state index in [4.69, 9.17) is 4.42 Å². The molecule has 5 aromatic rings. The van der Waals surface area contributed by atoms with Crippen molar-refractivity contribution in [1.29, 1.82) is 0 Å². The number of halogens is 2. The van der Waals surface area contributed by atoms with Crippen LogP contribution in [0.1, 0.15) is 5.56 Å². The first-order chi connectivity index (χ1) is 14.0. The van der Waals surface area contributed by atoms with Crippen LogP contribution in [0.5, 0.6) is 0 Å². The van der Waals surface area contributed by atoms with Gasteiger partial charge < -0.3 is 4.42 Å². The lowest BCUT2D eigenvalue weighted by atomic mass is 9.99. The van der Waals surface area contributed by atoms with Crippen molar-refractivity contribution in [3.05, 3.63) is 78.3 Å². The van der Waals surface area contributed by atoms with Crippen molar-refractivity contribution in [2.45, 2.75) is 6.92 Å². The summed E-state index contributed by atoms with van der Waals surface area (Å²) >= 11 is 0. The summed E-state index contributed by atoms with van der Waals surface area (Å²) in [5, 5.41) is 0.750. The number of furan rings is 1. The van der Waals surface area contributed by atoms with Gasteiger partial charge in [0.05, 0.1) is 22.0 Å². The zero-order valence-corrected chi connectivity index (χ0v) is 15.8. The molecule has 4 aromatic heterocycles. The van der Waals surface area contributed by atoms with Crippen LogP contribution in [-0.4, -0.2) is 9.97 Å². The summed E-state index contributed by atoms with van der Waals surface area (Å²) in [6.07, 6.45) is 3.66. The van der Waals surface area contributed by atoms with Gasteiger partial charge in [-0.1, -0.05) is 6.07 Å². The summed E-state index contributed by atoms with van der Waals surface area (Å²) in [5.74, 6) is -1.09. The van der Waals surface area contributed by atoms with Gasteiger partial charge in [0.25, 0.3) is 0 Å². The van der Waals surface area contributed by atoms with Crippen LogP contribution in [0, 0.1) is 18.7 Å². The highest BCUT2D eigenvalue weighted by atomic mass is 19.1. The van der Waals surface area contributed by atoms with Crippen molar-refractivity contribution in [3.8, 4) is 22.5 Å². The molecule has 0 aliphatic heterocycles. The van der Waals surface area contributed by atoms with Crippen molar-refractivity contribution in [2.24, 2.45) is 7.05 Å². The predicted octanol–water partition coefficient (Wildman–Crippen LogP) is 5.12. The lowest BCUT2D eigenvalue weighted by Gasteiger charge is -2.08. The van der Waals surface area contributed by atoms with Crippen LogP contribution in [0.25, 0.3) is 44.6 Å². The number of rotatable bonds is 2. The highest BCUT2D eigenvalue weighted by Gasteiger charge is 2.24. The summed E-state index contributed by atoms with van der Waals surface area (Å²) in [5.41, 5.74) is 4.46. The van der Waals surface area contributed by atoms with Crippen LogP contribution in [0.2, 0.25) is 0 Å². The van der Waals surface area contributed by atoms with Gasteiger partial charge in [-0.25, -0.2) is 8.96 Å². The fourth-order valence-corrected chi connectivity index (χ4v) is 3.71. The van der Waals surface area contributed by atoms with Gasteiger partial charge in [-0.15, -0.1) is 0 Å². The molecular weight excluding hydrogens is 372 g/mol. The molecule has 4 heterocycles. The lowest BCUT2D eigenvalue weighted by Crippen LogP contribution is -2.30. The monoisotopic (exact) mass is 388 g/mol. The van der Waals surface area contributed by atoms with E-state index < -0.39 is 11.8 Å². The third-order valence-corrected chi connectivity index (χ3v) is 5.09. The van der Waals surface area contributed by atoms with Crippen LogP contribution < -0.4 is 4.57 Å². The van der Waals surface area contributed by atoms with Crippen molar-refractivity contribution < 1.29 is 17.8 Å². The fourth-order valence-electron chi connectivity index (χ4n) is 3.71. The summed E-state index contributed by atoms with van der Waals surface area (Å²) in [4.78, 5) is 8.20. The molecule has 0 saturated carbocycles. The van der Waals surface area contributed by atoms with E-state index in [1.165, 1.54) is 18.2 Å². The minimum Gasteiger partial charge on any atom is -0.437 e. The molecule has 0 aliphatic carbocycles. The topological polar surface area (TPSA) is 42.8 Å².